The van der Waals surface area contributed by atoms with Crippen molar-refractivity contribution in [2.24, 2.45) is 0 Å². The molecule has 1 aliphatic carbocycles. The van der Waals surface area contributed by atoms with Gasteiger partial charge in [-0.25, -0.2) is 0 Å². The Labute approximate surface area is 109 Å². The van der Waals surface area contributed by atoms with Gasteiger partial charge in [-0.1, -0.05) is 38.1 Å². The summed E-state index contributed by atoms with van der Waals surface area (Å²) in [4.78, 5) is 14.0. The van der Waals surface area contributed by atoms with E-state index < -0.39 is 0 Å². The van der Waals surface area contributed by atoms with E-state index in [2.05, 4.69) is 43.4 Å². The highest BCUT2D eigenvalue weighted by Gasteiger charge is 2.27. The van der Waals surface area contributed by atoms with Crippen molar-refractivity contribution in [1.29, 1.82) is 0 Å². The van der Waals surface area contributed by atoms with Crippen LogP contribution in [0.25, 0.3) is 0 Å². The molecule has 0 heterocycles. The number of amides is 1. The summed E-state index contributed by atoms with van der Waals surface area (Å²) in [6.45, 7) is 4.53. The van der Waals surface area contributed by atoms with Crippen LogP contribution in [0.3, 0.4) is 0 Å². The normalized spacial score (nSPS) is 17.9. The number of rotatable bonds is 4. The summed E-state index contributed by atoms with van der Waals surface area (Å²) < 4.78 is 0. The van der Waals surface area contributed by atoms with Crippen molar-refractivity contribution in [3.8, 4) is 0 Å². The van der Waals surface area contributed by atoms with Gasteiger partial charge in [0.05, 0.1) is 12.6 Å². The smallest absolute Gasteiger partial charge is 0.236 e. The van der Waals surface area contributed by atoms with E-state index in [1.165, 1.54) is 11.1 Å². The zero-order valence-electron chi connectivity index (χ0n) is 11.4. The fraction of sp³-hybridized carbons (Fsp3) is 0.533. The molecule has 1 aromatic carbocycles. The second-order valence-corrected chi connectivity index (χ2v) is 5.29. The summed E-state index contributed by atoms with van der Waals surface area (Å²) >= 11 is 0. The van der Waals surface area contributed by atoms with E-state index in [4.69, 9.17) is 0 Å². The fourth-order valence-electron chi connectivity index (χ4n) is 2.53. The number of carbonyl (C=O) groups is 1. The van der Waals surface area contributed by atoms with E-state index >= 15 is 0 Å². The summed E-state index contributed by atoms with van der Waals surface area (Å²) in [6.07, 6.45) is 2.12. The van der Waals surface area contributed by atoms with E-state index in [0.29, 0.717) is 12.6 Å². The Hall–Kier alpha value is -1.35. The molecule has 1 unspecified atom stereocenters. The average molecular weight is 246 g/mol. The van der Waals surface area contributed by atoms with Gasteiger partial charge < -0.3 is 10.2 Å². The number of fused-ring (bicyclic) bond motifs is 1. The van der Waals surface area contributed by atoms with E-state index in [9.17, 15) is 4.79 Å². The molecule has 0 spiro atoms. The van der Waals surface area contributed by atoms with Crippen molar-refractivity contribution in [2.45, 2.75) is 38.8 Å². The van der Waals surface area contributed by atoms with Crippen molar-refractivity contribution >= 4 is 5.91 Å². The molecule has 18 heavy (non-hydrogen) atoms. The number of carbonyl (C=O) groups excluding carboxylic acids is 1. The van der Waals surface area contributed by atoms with Crippen LogP contribution in [0.2, 0.25) is 0 Å². The van der Waals surface area contributed by atoms with Crippen LogP contribution in [0.5, 0.6) is 0 Å². The first-order valence-electron chi connectivity index (χ1n) is 6.66. The molecule has 0 saturated carbocycles. The molecule has 1 amide bonds. The van der Waals surface area contributed by atoms with Crippen LogP contribution in [-0.4, -0.2) is 30.4 Å². The van der Waals surface area contributed by atoms with Crippen LogP contribution in [-0.2, 0) is 11.2 Å². The molecule has 1 N–H and O–H groups in total. The SMILES string of the molecule is CC(C)NCC(=O)N(C)C1CCc2ccccc21. The lowest BCUT2D eigenvalue weighted by Gasteiger charge is -2.26. The van der Waals surface area contributed by atoms with Crippen LogP contribution < -0.4 is 5.32 Å². The van der Waals surface area contributed by atoms with Crippen LogP contribution in [0.4, 0.5) is 0 Å². The summed E-state index contributed by atoms with van der Waals surface area (Å²) in [5, 5.41) is 3.18. The lowest BCUT2D eigenvalue weighted by molar-refractivity contribution is -0.131. The predicted octanol–water partition coefficient (Wildman–Crippen LogP) is 2.13. The number of nitrogens with zero attached hydrogens (tertiary/aromatic N) is 1. The van der Waals surface area contributed by atoms with E-state index in [1.54, 1.807) is 0 Å². The number of hydrogen-bond acceptors (Lipinski definition) is 2. The molecule has 0 fully saturated rings. The van der Waals surface area contributed by atoms with Gasteiger partial charge in [0, 0.05) is 13.1 Å². The van der Waals surface area contributed by atoms with Gasteiger partial charge in [-0.05, 0) is 24.0 Å². The van der Waals surface area contributed by atoms with Crippen molar-refractivity contribution < 1.29 is 4.79 Å². The molecule has 0 saturated heterocycles. The molecular weight excluding hydrogens is 224 g/mol. The van der Waals surface area contributed by atoms with Gasteiger partial charge in [0.1, 0.15) is 0 Å². The maximum absolute atomic E-state index is 12.1. The average Bonchev–Trinajstić information content (AvgIpc) is 2.78. The third-order valence-corrected chi connectivity index (χ3v) is 3.62. The number of aryl methyl sites for hydroxylation is 1. The standard InChI is InChI=1S/C15H22N2O/c1-11(2)16-10-15(18)17(3)14-9-8-12-6-4-5-7-13(12)14/h4-7,11,14,16H,8-10H2,1-3H3. The van der Waals surface area contributed by atoms with Crippen LogP contribution in [0.15, 0.2) is 24.3 Å². The maximum atomic E-state index is 12.1. The van der Waals surface area contributed by atoms with Crippen molar-refractivity contribution in [2.75, 3.05) is 13.6 Å². The van der Waals surface area contributed by atoms with E-state index in [1.807, 2.05) is 11.9 Å². The van der Waals surface area contributed by atoms with Gasteiger partial charge in [0.15, 0.2) is 0 Å². The van der Waals surface area contributed by atoms with Gasteiger partial charge in [-0.3, -0.25) is 4.79 Å². The minimum Gasteiger partial charge on any atom is -0.338 e. The Balaban J connectivity index is 2.02. The first-order valence-corrected chi connectivity index (χ1v) is 6.66. The second kappa shape index (κ2) is 5.53. The molecule has 1 aromatic rings. The molecule has 1 aliphatic rings. The van der Waals surface area contributed by atoms with Gasteiger partial charge in [0.2, 0.25) is 5.91 Å². The zero-order valence-corrected chi connectivity index (χ0v) is 11.4. The van der Waals surface area contributed by atoms with Gasteiger partial charge in [-0.15, -0.1) is 0 Å². The van der Waals surface area contributed by atoms with Crippen molar-refractivity contribution in [3.05, 3.63) is 35.4 Å². The monoisotopic (exact) mass is 246 g/mol. The Kier molecular flexibility index (Phi) is 4.02. The number of hydrogen-bond donors (Lipinski definition) is 1. The molecule has 0 bridgehead atoms. The molecule has 3 heteroatoms. The third kappa shape index (κ3) is 2.72. The van der Waals surface area contributed by atoms with E-state index in [-0.39, 0.29) is 11.9 Å². The van der Waals surface area contributed by atoms with Crippen LogP contribution in [0, 0.1) is 0 Å². The summed E-state index contributed by atoms with van der Waals surface area (Å²) in [7, 11) is 1.91. The molecule has 0 radical (unpaired) electrons. The molecule has 0 aromatic heterocycles. The highest BCUT2D eigenvalue weighted by atomic mass is 16.2. The topological polar surface area (TPSA) is 32.3 Å². The van der Waals surface area contributed by atoms with Gasteiger partial charge >= 0.3 is 0 Å². The Morgan fingerprint density at radius 1 is 1.44 bits per heavy atom. The van der Waals surface area contributed by atoms with Crippen LogP contribution >= 0.6 is 0 Å². The minimum absolute atomic E-state index is 0.172. The lowest BCUT2D eigenvalue weighted by Crippen LogP contribution is -2.39. The molecule has 98 valence electrons. The Morgan fingerprint density at radius 2 is 2.17 bits per heavy atom. The first kappa shape index (κ1) is 13.1. The summed E-state index contributed by atoms with van der Waals surface area (Å²) in [5.74, 6) is 0.172. The maximum Gasteiger partial charge on any atom is 0.236 e. The minimum atomic E-state index is 0.172. The van der Waals surface area contributed by atoms with E-state index in [0.717, 1.165) is 12.8 Å². The number of nitrogens with one attached hydrogen (secondary N) is 1. The molecule has 0 aliphatic heterocycles. The summed E-state index contributed by atoms with van der Waals surface area (Å²) in [6, 6.07) is 9.04. The quantitative estimate of drug-likeness (QED) is 0.882. The Bertz CT molecular complexity index is 428. The fourth-order valence-corrected chi connectivity index (χ4v) is 2.53. The number of benzene rings is 1. The third-order valence-electron chi connectivity index (χ3n) is 3.62. The molecule has 1 atom stereocenters. The zero-order chi connectivity index (χ0) is 13.1. The number of likely N-dealkylation sites (N-methyl/N-ethyl adjacent to an activating group) is 1. The largest absolute Gasteiger partial charge is 0.338 e. The first-order chi connectivity index (χ1) is 8.59. The van der Waals surface area contributed by atoms with Crippen LogP contribution in [0.1, 0.15) is 37.4 Å². The van der Waals surface area contributed by atoms with Crippen molar-refractivity contribution in [3.63, 3.8) is 0 Å². The Morgan fingerprint density at radius 3 is 2.89 bits per heavy atom. The second-order valence-electron chi connectivity index (χ2n) is 5.29. The van der Waals surface area contributed by atoms with Gasteiger partial charge in [0.25, 0.3) is 0 Å². The molecular formula is C15H22N2O. The summed E-state index contributed by atoms with van der Waals surface area (Å²) in [5.41, 5.74) is 2.71. The van der Waals surface area contributed by atoms with Gasteiger partial charge in [-0.2, -0.15) is 0 Å². The lowest BCUT2D eigenvalue weighted by atomic mass is 10.1. The predicted molar refractivity (Wildman–Crippen MR) is 73.4 cm³/mol. The highest BCUT2D eigenvalue weighted by Crippen LogP contribution is 2.34. The highest BCUT2D eigenvalue weighted by molar-refractivity contribution is 5.78. The molecule has 3 nitrogen and oxygen atoms in total. The molecule has 2 rings (SSSR count). The van der Waals surface area contributed by atoms with Crippen molar-refractivity contribution in [1.82, 2.24) is 10.2 Å².